The first-order valence-corrected chi connectivity index (χ1v) is 9.38. The fourth-order valence-corrected chi connectivity index (χ4v) is 2.79. The van der Waals surface area contributed by atoms with Gasteiger partial charge in [0.05, 0.1) is 11.4 Å². The summed E-state index contributed by atoms with van der Waals surface area (Å²) in [7, 11) is 1.72. The highest BCUT2D eigenvalue weighted by atomic mass is 127. The molecule has 0 radical (unpaired) electrons. The minimum absolute atomic E-state index is 0. The molecule has 0 unspecified atom stereocenters. The van der Waals surface area contributed by atoms with E-state index in [4.69, 9.17) is 0 Å². The fraction of sp³-hybridized carbons (Fsp3) is 0.450. The van der Waals surface area contributed by atoms with Crippen LogP contribution in [-0.4, -0.2) is 41.8 Å². The van der Waals surface area contributed by atoms with Gasteiger partial charge in [-0.05, 0) is 38.0 Å². The minimum Gasteiger partial charge on any atom is -0.356 e. The van der Waals surface area contributed by atoms with Gasteiger partial charge in [-0.1, -0.05) is 25.1 Å². The van der Waals surface area contributed by atoms with Crippen LogP contribution >= 0.6 is 24.0 Å². The fourth-order valence-electron chi connectivity index (χ4n) is 2.79. The van der Waals surface area contributed by atoms with Crippen LogP contribution in [0.25, 0.3) is 5.69 Å². The number of carbonyl (C=O) groups excluding carboxylic acids is 1. The molecule has 0 aliphatic heterocycles. The number of hydrogen-bond acceptors (Lipinski definition) is 3. The number of halogens is 1. The van der Waals surface area contributed by atoms with Gasteiger partial charge in [0.2, 0.25) is 5.91 Å². The van der Waals surface area contributed by atoms with Crippen molar-refractivity contribution in [2.24, 2.45) is 4.99 Å². The number of benzene rings is 1. The zero-order valence-electron chi connectivity index (χ0n) is 17.1. The second-order valence-corrected chi connectivity index (χ2v) is 6.42. The number of aryl methyl sites for hydroxylation is 2. The number of guanidine groups is 1. The first kappa shape index (κ1) is 23.9. The molecule has 1 amide bonds. The topological polar surface area (TPSA) is 83.3 Å². The van der Waals surface area contributed by atoms with Crippen LogP contribution < -0.4 is 16.0 Å². The maximum absolute atomic E-state index is 11.7. The summed E-state index contributed by atoms with van der Waals surface area (Å²) in [4.78, 5) is 15.9. The van der Waals surface area contributed by atoms with Crippen LogP contribution in [0.15, 0.2) is 35.3 Å². The van der Waals surface area contributed by atoms with E-state index < -0.39 is 0 Å². The summed E-state index contributed by atoms with van der Waals surface area (Å²) in [5.74, 6) is 0.719. The van der Waals surface area contributed by atoms with Gasteiger partial charge in [-0.25, -0.2) is 4.68 Å². The molecule has 1 aromatic heterocycles. The third-order valence-corrected chi connectivity index (χ3v) is 4.12. The second-order valence-electron chi connectivity index (χ2n) is 6.42. The average Bonchev–Trinajstić information content (AvgIpc) is 3.01. The number of nitrogens with zero attached hydrogens (tertiary/aromatic N) is 3. The summed E-state index contributed by atoms with van der Waals surface area (Å²) in [5.41, 5.74) is 4.26. The quantitative estimate of drug-likeness (QED) is 0.297. The molecule has 1 aromatic carbocycles. The number of para-hydroxylation sites is 1. The number of hydrogen-bond donors (Lipinski definition) is 3. The third-order valence-electron chi connectivity index (χ3n) is 4.12. The van der Waals surface area contributed by atoms with Crippen LogP contribution in [0.3, 0.4) is 0 Å². The van der Waals surface area contributed by atoms with E-state index in [0.717, 1.165) is 35.6 Å². The van der Waals surface area contributed by atoms with Gasteiger partial charge >= 0.3 is 0 Å². The predicted octanol–water partition coefficient (Wildman–Crippen LogP) is 2.69. The minimum atomic E-state index is 0. The zero-order valence-corrected chi connectivity index (χ0v) is 19.4. The molecule has 0 spiro atoms. The molecule has 1 heterocycles. The highest BCUT2D eigenvalue weighted by molar-refractivity contribution is 14.0. The number of rotatable bonds is 8. The summed E-state index contributed by atoms with van der Waals surface area (Å²) in [6, 6.07) is 10.2. The molecular formula is C20H31IN6O. The molecule has 7 nitrogen and oxygen atoms in total. The Bertz CT molecular complexity index is 787. The van der Waals surface area contributed by atoms with E-state index in [1.807, 2.05) is 37.6 Å². The highest BCUT2D eigenvalue weighted by Gasteiger charge is 2.09. The number of aromatic nitrogens is 2. The lowest BCUT2D eigenvalue weighted by atomic mass is 10.1. The normalized spacial score (nSPS) is 10.9. The van der Waals surface area contributed by atoms with Crippen LogP contribution in [0.4, 0.5) is 0 Å². The van der Waals surface area contributed by atoms with Crippen LogP contribution in [0.2, 0.25) is 0 Å². The Morgan fingerprint density at radius 2 is 1.89 bits per heavy atom. The number of carbonyl (C=O) groups is 1. The van der Waals surface area contributed by atoms with E-state index in [1.54, 1.807) is 7.05 Å². The Labute approximate surface area is 184 Å². The lowest BCUT2D eigenvalue weighted by Gasteiger charge is -2.15. The van der Waals surface area contributed by atoms with Gasteiger partial charge in [0.15, 0.2) is 5.96 Å². The lowest BCUT2D eigenvalue weighted by Crippen LogP contribution is -2.39. The largest absolute Gasteiger partial charge is 0.356 e. The van der Waals surface area contributed by atoms with Crippen molar-refractivity contribution < 1.29 is 4.79 Å². The van der Waals surface area contributed by atoms with E-state index in [0.29, 0.717) is 25.5 Å². The summed E-state index contributed by atoms with van der Waals surface area (Å²) in [6.07, 6.45) is 1.36. The van der Waals surface area contributed by atoms with Gasteiger partial charge in [0.1, 0.15) is 0 Å². The molecule has 0 fully saturated rings. The van der Waals surface area contributed by atoms with Crippen molar-refractivity contribution in [1.29, 1.82) is 0 Å². The van der Waals surface area contributed by atoms with Gasteiger partial charge in [0.25, 0.3) is 0 Å². The van der Waals surface area contributed by atoms with Crippen molar-refractivity contribution in [2.75, 3.05) is 20.1 Å². The summed E-state index contributed by atoms with van der Waals surface area (Å²) >= 11 is 0. The molecule has 8 heteroatoms. The van der Waals surface area contributed by atoms with Crippen LogP contribution in [0, 0.1) is 13.8 Å². The summed E-state index contributed by atoms with van der Waals surface area (Å²) < 4.78 is 1.96. The van der Waals surface area contributed by atoms with Gasteiger partial charge < -0.3 is 16.0 Å². The van der Waals surface area contributed by atoms with Gasteiger partial charge in [0, 0.05) is 38.8 Å². The van der Waals surface area contributed by atoms with E-state index >= 15 is 0 Å². The standard InChI is InChI=1S/C20H30N6O.HI/c1-5-11-22-19(27)10-12-23-20(21-4)24-14-17-8-6-7-9-18(17)26-16(3)13-15(2)25-26;/h6-9,13H,5,10-12,14H2,1-4H3,(H,22,27)(H2,21,23,24);1H. The molecule has 0 bridgehead atoms. The summed E-state index contributed by atoms with van der Waals surface area (Å²) in [5, 5.41) is 13.9. The average molecular weight is 498 g/mol. The Morgan fingerprint density at radius 3 is 2.54 bits per heavy atom. The van der Waals surface area contributed by atoms with Gasteiger partial charge in [-0.2, -0.15) is 5.10 Å². The predicted molar refractivity (Wildman–Crippen MR) is 125 cm³/mol. The van der Waals surface area contributed by atoms with Crippen molar-refractivity contribution in [1.82, 2.24) is 25.7 Å². The maximum Gasteiger partial charge on any atom is 0.221 e. The molecule has 2 aromatic rings. The molecule has 28 heavy (non-hydrogen) atoms. The first-order chi connectivity index (χ1) is 13.0. The van der Waals surface area contributed by atoms with Crippen molar-refractivity contribution >= 4 is 35.8 Å². The maximum atomic E-state index is 11.7. The van der Waals surface area contributed by atoms with Crippen molar-refractivity contribution in [3.8, 4) is 5.69 Å². The van der Waals surface area contributed by atoms with E-state index in [2.05, 4.69) is 44.2 Å². The van der Waals surface area contributed by atoms with Crippen molar-refractivity contribution in [3.63, 3.8) is 0 Å². The van der Waals surface area contributed by atoms with Crippen molar-refractivity contribution in [2.45, 2.75) is 40.2 Å². The molecule has 0 saturated heterocycles. The van der Waals surface area contributed by atoms with Gasteiger partial charge in [-0.3, -0.25) is 9.79 Å². The molecule has 154 valence electrons. The second kappa shape index (κ2) is 12.4. The highest BCUT2D eigenvalue weighted by Crippen LogP contribution is 2.16. The van der Waals surface area contributed by atoms with E-state index in [-0.39, 0.29) is 29.9 Å². The smallest absolute Gasteiger partial charge is 0.221 e. The van der Waals surface area contributed by atoms with Crippen LogP contribution in [0.1, 0.15) is 36.7 Å². The molecule has 0 aliphatic carbocycles. The Kier molecular flexibility index (Phi) is 10.6. The Morgan fingerprint density at radius 1 is 1.14 bits per heavy atom. The number of aliphatic imine (C=N–C) groups is 1. The molecule has 0 atom stereocenters. The molecular weight excluding hydrogens is 467 g/mol. The molecule has 0 aliphatic rings. The first-order valence-electron chi connectivity index (χ1n) is 9.38. The molecule has 3 N–H and O–H groups in total. The SMILES string of the molecule is CCCNC(=O)CCNC(=NC)NCc1ccccc1-n1nc(C)cc1C.I. The van der Waals surface area contributed by atoms with Crippen molar-refractivity contribution in [3.05, 3.63) is 47.3 Å². The van der Waals surface area contributed by atoms with Crippen LogP contribution in [-0.2, 0) is 11.3 Å². The third kappa shape index (κ3) is 7.14. The Hall–Kier alpha value is -2.10. The van der Waals surface area contributed by atoms with Gasteiger partial charge in [-0.15, -0.1) is 24.0 Å². The summed E-state index contributed by atoms with van der Waals surface area (Å²) in [6.45, 7) is 7.94. The number of nitrogens with one attached hydrogen (secondary N) is 3. The van der Waals surface area contributed by atoms with Crippen LogP contribution in [0.5, 0.6) is 0 Å². The Balaban J connectivity index is 0.00000392. The molecule has 0 saturated carbocycles. The monoisotopic (exact) mass is 498 g/mol. The zero-order chi connectivity index (χ0) is 19.6. The molecule has 2 rings (SSSR count). The lowest BCUT2D eigenvalue weighted by molar-refractivity contribution is -0.120. The van der Waals surface area contributed by atoms with E-state index in [1.165, 1.54) is 0 Å². The van der Waals surface area contributed by atoms with E-state index in [9.17, 15) is 4.79 Å². The number of amides is 1.